The zero-order valence-corrected chi connectivity index (χ0v) is 21.9. The molecular formula is C26H22ClF4N3O4S. The summed E-state index contributed by atoms with van der Waals surface area (Å²) in [6.07, 6.45) is -4.48. The number of carbonyl (C=O) groups is 1. The number of ether oxygens (including phenoxy) is 1. The second kappa shape index (κ2) is 10.9. The number of alkyl halides is 3. The van der Waals surface area contributed by atoms with Gasteiger partial charge in [-0.15, -0.1) is 0 Å². The second-order valence-electron chi connectivity index (χ2n) is 8.72. The van der Waals surface area contributed by atoms with Crippen molar-refractivity contribution in [2.24, 2.45) is 5.84 Å². The third-order valence-electron chi connectivity index (χ3n) is 5.98. The number of hydrogen-bond acceptors (Lipinski definition) is 5. The van der Waals surface area contributed by atoms with Crippen molar-refractivity contribution in [3.05, 3.63) is 88.2 Å². The molecule has 206 valence electrons. The average molecular weight is 584 g/mol. The Balaban J connectivity index is 1.81. The van der Waals surface area contributed by atoms with Crippen LogP contribution in [0.2, 0.25) is 5.02 Å². The molecule has 39 heavy (non-hydrogen) atoms. The van der Waals surface area contributed by atoms with E-state index in [1.807, 2.05) is 5.43 Å². The number of halogens is 5. The van der Waals surface area contributed by atoms with E-state index in [0.29, 0.717) is 17.2 Å². The van der Waals surface area contributed by atoms with E-state index in [9.17, 15) is 30.8 Å². The summed E-state index contributed by atoms with van der Waals surface area (Å²) in [5, 5.41) is 0.180. The second-order valence-corrected chi connectivity index (χ2v) is 11.0. The van der Waals surface area contributed by atoms with Crippen molar-refractivity contribution in [2.75, 3.05) is 10.8 Å². The molecule has 0 aromatic heterocycles. The third-order valence-corrected chi connectivity index (χ3v) is 8.07. The largest absolute Gasteiger partial charge is 0.486 e. The summed E-state index contributed by atoms with van der Waals surface area (Å²) in [5.41, 5.74) is 1.88. The molecule has 3 aromatic carbocycles. The molecule has 4 rings (SSSR count). The number of nitrogens with two attached hydrogens (primary N) is 1. The van der Waals surface area contributed by atoms with Crippen LogP contribution in [0.4, 0.5) is 23.2 Å². The van der Waals surface area contributed by atoms with Gasteiger partial charge in [-0.2, -0.15) is 13.2 Å². The number of allylic oxidation sites excluding steroid dienone is 1. The molecule has 1 atom stereocenters. The van der Waals surface area contributed by atoms with Gasteiger partial charge in [-0.3, -0.25) is 14.5 Å². The van der Waals surface area contributed by atoms with Gasteiger partial charge in [0.05, 0.1) is 34.1 Å². The van der Waals surface area contributed by atoms with Crippen molar-refractivity contribution in [3.63, 3.8) is 0 Å². The molecule has 0 bridgehead atoms. The first-order valence-corrected chi connectivity index (χ1v) is 13.3. The molecule has 0 saturated carbocycles. The van der Waals surface area contributed by atoms with E-state index in [1.54, 1.807) is 19.1 Å². The molecule has 0 aliphatic carbocycles. The van der Waals surface area contributed by atoms with Gasteiger partial charge in [-0.1, -0.05) is 35.9 Å². The first-order valence-electron chi connectivity index (χ1n) is 11.4. The predicted molar refractivity (Wildman–Crippen MR) is 139 cm³/mol. The maximum atomic E-state index is 14.4. The summed E-state index contributed by atoms with van der Waals surface area (Å²) in [7, 11) is -4.56. The molecule has 1 aliphatic heterocycles. The van der Waals surface area contributed by atoms with Gasteiger partial charge >= 0.3 is 6.18 Å². The zero-order valence-electron chi connectivity index (χ0n) is 20.3. The third kappa shape index (κ3) is 6.02. The van der Waals surface area contributed by atoms with Crippen LogP contribution in [0.15, 0.2) is 65.6 Å². The predicted octanol–water partition coefficient (Wildman–Crippen LogP) is 5.39. The highest BCUT2D eigenvalue weighted by Crippen LogP contribution is 2.40. The molecule has 0 radical (unpaired) electrons. The zero-order chi connectivity index (χ0) is 28.5. The summed E-state index contributed by atoms with van der Waals surface area (Å²) < 4.78 is 88.4. The van der Waals surface area contributed by atoms with Gasteiger partial charge in [0.2, 0.25) is 5.91 Å². The monoisotopic (exact) mass is 583 g/mol. The van der Waals surface area contributed by atoms with Gasteiger partial charge in [0.15, 0.2) is 0 Å². The van der Waals surface area contributed by atoms with Crippen LogP contribution in [0.25, 0.3) is 11.6 Å². The van der Waals surface area contributed by atoms with Crippen molar-refractivity contribution in [3.8, 4) is 5.75 Å². The topological polar surface area (TPSA) is 102 Å². The molecule has 7 nitrogen and oxygen atoms in total. The summed E-state index contributed by atoms with van der Waals surface area (Å²) in [5.74, 6) is 4.05. The van der Waals surface area contributed by atoms with Crippen LogP contribution in [0, 0.1) is 5.82 Å². The molecule has 13 heteroatoms. The van der Waals surface area contributed by atoms with E-state index >= 15 is 0 Å². The van der Waals surface area contributed by atoms with Gasteiger partial charge in [0.25, 0.3) is 10.0 Å². The fourth-order valence-corrected chi connectivity index (χ4v) is 6.03. The Kier molecular flexibility index (Phi) is 7.92. The van der Waals surface area contributed by atoms with Crippen LogP contribution in [-0.2, 0) is 21.0 Å². The number of hydrogen-bond donors (Lipinski definition) is 2. The normalized spacial score (nSPS) is 15.9. The van der Waals surface area contributed by atoms with E-state index in [-0.39, 0.29) is 35.0 Å². The van der Waals surface area contributed by atoms with E-state index in [2.05, 4.69) is 0 Å². The van der Waals surface area contributed by atoms with E-state index in [0.717, 1.165) is 22.5 Å². The highest BCUT2D eigenvalue weighted by Gasteiger charge is 2.37. The SMILES string of the molecule is C/C(=C\c1ccc2c(c1)N(S(=O)(=O)c1cccc(C(F)(F)F)c1)C[C@H](CC(=O)NN)O2)c1c(F)cccc1Cl. The lowest BCUT2D eigenvalue weighted by Gasteiger charge is -2.35. The van der Waals surface area contributed by atoms with E-state index < -0.39 is 44.5 Å². The highest BCUT2D eigenvalue weighted by atomic mass is 35.5. The summed E-state index contributed by atoms with van der Waals surface area (Å²) in [6.45, 7) is 1.24. The molecular weight excluding hydrogens is 562 g/mol. The van der Waals surface area contributed by atoms with Crippen molar-refractivity contribution in [1.82, 2.24) is 5.43 Å². The quantitative estimate of drug-likeness (QED) is 0.133. The minimum Gasteiger partial charge on any atom is -0.486 e. The molecule has 3 aromatic rings. The summed E-state index contributed by atoms with van der Waals surface area (Å²) >= 11 is 6.16. The Morgan fingerprint density at radius 2 is 1.90 bits per heavy atom. The Morgan fingerprint density at radius 1 is 1.18 bits per heavy atom. The fraction of sp³-hybridized carbons (Fsp3) is 0.192. The molecule has 1 heterocycles. The van der Waals surface area contributed by atoms with Crippen LogP contribution >= 0.6 is 11.6 Å². The molecule has 0 saturated heterocycles. The van der Waals surface area contributed by atoms with Crippen LogP contribution in [0.1, 0.15) is 30.0 Å². The van der Waals surface area contributed by atoms with Gasteiger partial charge in [0, 0.05) is 5.56 Å². The molecule has 0 spiro atoms. The first-order chi connectivity index (χ1) is 18.3. The van der Waals surface area contributed by atoms with Crippen LogP contribution in [-0.4, -0.2) is 27.0 Å². The molecule has 0 fully saturated rings. The Morgan fingerprint density at radius 3 is 2.56 bits per heavy atom. The Bertz CT molecular complexity index is 1540. The summed E-state index contributed by atoms with van der Waals surface area (Å²) in [6, 6.07) is 12.1. The number of hydrazine groups is 1. The van der Waals surface area contributed by atoms with Crippen molar-refractivity contribution >= 4 is 44.9 Å². The number of nitrogens with one attached hydrogen (secondary N) is 1. The Hall–Kier alpha value is -3.61. The number of nitrogens with zero attached hydrogens (tertiary/aromatic N) is 1. The van der Waals surface area contributed by atoms with Gasteiger partial charge in [-0.05, 0) is 60.5 Å². The number of anilines is 1. The van der Waals surface area contributed by atoms with Crippen molar-refractivity contribution in [2.45, 2.75) is 30.5 Å². The molecule has 1 amide bonds. The number of rotatable bonds is 6. The number of amides is 1. The first kappa shape index (κ1) is 28.4. The summed E-state index contributed by atoms with van der Waals surface area (Å²) in [4.78, 5) is 11.3. The average Bonchev–Trinajstić information content (AvgIpc) is 2.87. The fourth-order valence-electron chi connectivity index (χ4n) is 4.18. The minimum absolute atomic E-state index is 0.0259. The van der Waals surface area contributed by atoms with Crippen LogP contribution in [0.5, 0.6) is 5.75 Å². The number of fused-ring (bicyclic) bond motifs is 1. The van der Waals surface area contributed by atoms with Gasteiger partial charge in [0.1, 0.15) is 17.7 Å². The number of carbonyl (C=O) groups excluding carboxylic acids is 1. The highest BCUT2D eigenvalue weighted by molar-refractivity contribution is 7.92. The molecule has 0 unspecified atom stereocenters. The van der Waals surface area contributed by atoms with Crippen LogP contribution < -0.4 is 20.3 Å². The van der Waals surface area contributed by atoms with Crippen LogP contribution in [0.3, 0.4) is 0 Å². The molecule has 1 aliphatic rings. The lowest BCUT2D eigenvalue weighted by atomic mass is 10.0. The standard InChI is InChI=1S/C26H22ClF4N3O4S/c1-15(25-20(27)6-3-7-21(25)28)10-16-8-9-23-22(11-16)34(14-18(38-23)13-24(35)33-32)39(36,37)19-5-2-4-17(12-19)26(29,30)31/h2-12,18H,13-14,32H2,1H3,(H,33,35)/b15-10+/t18-/m0/s1. The number of sulfonamides is 1. The maximum Gasteiger partial charge on any atom is 0.416 e. The van der Waals surface area contributed by atoms with E-state index in [4.69, 9.17) is 22.2 Å². The minimum atomic E-state index is -4.76. The lowest BCUT2D eigenvalue weighted by molar-refractivity contribution is -0.137. The van der Waals surface area contributed by atoms with Crippen molar-refractivity contribution < 1.29 is 35.5 Å². The van der Waals surface area contributed by atoms with Crippen molar-refractivity contribution in [1.29, 1.82) is 0 Å². The molecule has 3 N–H and O–H groups in total. The van der Waals surface area contributed by atoms with Gasteiger partial charge < -0.3 is 4.74 Å². The maximum absolute atomic E-state index is 14.4. The Labute approximate surface area is 226 Å². The lowest BCUT2D eigenvalue weighted by Crippen LogP contribution is -2.46. The number of benzene rings is 3. The van der Waals surface area contributed by atoms with Gasteiger partial charge in [-0.25, -0.2) is 18.7 Å². The van der Waals surface area contributed by atoms with E-state index in [1.165, 1.54) is 30.3 Å². The smallest absolute Gasteiger partial charge is 0.416 e.